The predicted molar refractivity (Wildman–Crippen MR) is 61.0 cm³/mol. The molecule has 0 radical (unpaired) electrons. The SMILES string of the molecule is O=C(O)c1ccc(S)c2cc(Cl)sc12. The van der Waals surface area contributed by atoms with Gasteiger partial charge in [-0.1, -0.05) is 11.6 Å². The van der Waals surface area contributed by atoms with E-state index in [1.54, 1.807) is 18.2 Å². The maximum Gasteiger partial charge on any atom is 0.337 e. The fraction of sp³-hybridized carbons (Fsp3) is 0. The topological polar surface area (TPSA) is 37.3 Å². The van der Waals surface area contributed by atoms with Crippen LogP contribution in [0.3, 0.4) is 0 Å². The summed E-state index contributed by atoms with van der Waals surface area (Å²) in [6, 6.07) is 4.94. The van der Waals surface area contributed by atoms with E-state index in [0.717, 1.165) is 10.3 Å². The summed E-state index contributed by atoms with van der Waals surface area (Å²) in [6.07, 6.45) is 0. The molecular weight excluding hydrogens is 240 g/mol. The molecule has 5 heteroatoms. The van der Waals surface area contributed by atoms with Crippen LogP contribution in [0.5, 0.6) is 0 Å². The van der Waals surface area contributed by atoms with Crippen LogP contribution in [0, 0.1) is 0 Å². The normalized spacial score (nSPS) is 10.7. The van der Waals surface area contributed by atoms with Crippen molar-refractivity contribution in [3.8, 4) is 0 Å². The quantitative estimate of drug-likeness (QED) is 0.753. The molecule has 1 aromatic carbocycles. The lowest BCUT2D eigenvalue weighted by atomic mass is 10.2. The van der Waals surface area contributed by atoms with Crippen LogP contribution in [-0.4, -0.2) is 11.1 Å². The molecule has 0 saturated heterocycles. The monoisotopic (exact) mass is 244 g/mol. The Morgan fingerprint density at radius 2 is 2.21 bits per heavy atom. The van der Waals surface area contributed by atoms with Crippen molar-refractivity contribution in [2.75, 3.05) is 0 Å². The second-order valence-corrected chi connectivity index (χ2v) is 4.90. The van der Waals surface area contributed by atoms with Crippen LogP contribution in [0.4, 0.5) is 0 Å². The molecule has 0 amide bonds. The van der Waals surface area contributed by atoms with Crippen molar-refractivity contribution in [3.63, 3.8) is 0 Å². The maximum absolute atomic E-state index is 10.9. The number of carboxylic acids is 1. The Bertz CT molecular complexity index is 519. The van der Waals surface area contributed by atoms with Crippen LogP contribution in [-0.2, 0) is 0 Å². The minimum absolute atomic E-state index is 0.273. The molecule has 0 aliphatic rings. The molecule has 0 aliphatic heterocycles. The van der Waals surface area contributed by atoms with E-state index in [0.29, 0.717) is 9.04 Å². The molecule has 0 bridgehead atoms. The molecule has 2 rings (SSSR count). The Morgan fingerprint density at radius 3 is 2.86 bits per heavy atom. The van der Waals surface area contributed by atoms with Gasteiger partial charge in [0.2, 0.25) is 0 Å². The first-order valence-corrected chi connectivity index (χ1v) is 5.38. The number of thiophene rings is 1. The van der Waals surface area contributed by atoms with Crippen LogP contribution in [0.25, 0.3) is 10.1 Å². The molecule has 0 atom stereocenters. The largest absolute Gasteiger partial charge is 0.478 e. The summed E-state index contributed by atoms with van der Waals surface area (Å²) in [5, 5.41) is 9.72. The molecule has 1 heterocycles. The molecule has 0 saturated carbocycles. The van der Waals surface area contributed by atoms with E-state index in [9.17, 15) is 4.79 Å². The van der Waals surface area contributed by atoms with Crippen LogP contribution < -0.4 is 0 Å². The number of carbonyl (C=O) groups is 1. The molecule has 0 fully saturated rings. The van der Waals surface area contributed by atoms with Crippen LogP contribution >= 0.6 is 35.6 Å². The Morgan fingerprint density at radius 1 is 1.50 bits per heavy atom. The Balaban J connectivity index is 2.87. The molecule has 72 valence electrons. The van der Waals surface area contributed by atoms with Crippen molar-refractivity contribution in [2.24, 2.45) is 0 Å². The van der Waals surface area contributed by atoms with Crippen molar-refractivity contribution in [1.29, 1.82) is 0 Å². The molecule has 2 aromatic rings. The number of fused-ring (bicyclic) bond motifs is 1. The smallest absolute Gasteiger partial charge is 0.337 e. The summed E-state index contributed by atoms with van der Waals surface area (Å²) in [5.41, 5.74) is 0.273. The van der Waals surface area contributed by atoms with E-state index in [4.69, 9.17) is 16.7 Å². The van der Waals surface area contributed by atoms with E-state index < -0.39 is 5.97 Å². The molecule has 2 nitrogen and oxygen atoms in total. The number of hydrogen-bond acceptors (Lipinski definition) is 3. The van der Waals surface area contributed by atoms with Gasteiger partial charge in [-0.05, 0) is 18.2 Å². The van der Waals surface area contributed by atoms with Crippen molar-refractivity contribution < 1.29 is 9.90 Å². The first-order valence-electron chi connectivity index (χ1n) is 3.74. The summed E-state index contributed by atoms with van der Waals surface area (Å²) in [6.45, 7) is 0. The number of aromatic carboxylic acids is 1. The van der Waals surface area contributed by atoms with Crippen LogP contribution in [0.15, 0.2) is 23.1 Å². The number of benzene rings is 1. The van der Waals surface area contributed by atoms with Crippen molar-refractivity contribution in [1.82, 2.24) is 0 Å². The van der Waals surface area contributed by atoms with Crippen LogP contribution in [0.1, 0.15) is 10.4 Å². The van der Waals surface area contributed by atoms with Gasteiger partial charge in [0.25, 0.3) is 0 Å². The Hall–Kier alpha value is -0.710. The van der Waals surface area contributed by atoms with Gasteiger partial charge in [0.15, 0.2) is 0 Å². The predicted octanol–water partition coefficient (Wildman–Crippen LogP) is 3.54. The lowest BCUT2D eigenvalue weighted by molar-refractivity contribution is 0.0699. The molecule has 0 unspecified atom stereocenters. The number of hydrogen-bond donors (Lipinski definition) is 2. The number of carboxylic acid groups (broad SMARTS) is 1. The second-order valence-electron chi connectivity index (χ2n) is 2.73. The Kier molecular flexibility index (Phi) is 2.43. The van der Waals surface area contributed by atoms with E-state index >= 15 is 0 Å². The first kappa shape index (κ1) is 9.83. The highest BCUT2D eigenvalue weighted by Crippen LogP contribution is 2.35. The van der Waals surface area contributed by atoms with E-state index in [1.807, 2.05) is 0 Å². The third kappa shape index (κ3) is 1.49. The molecule has 0 spiro atoms. The minimum Gasteiger partial charge on any atom is -0.478 e. The molecular formula is C9H5ClO2S2. The third-order valence-corrected chi connectivity index (χ3v) is 3.55. The van der Waals surface area contributed by atoms with E-state index in [1.165, 1.54) is 11.3 Å². The highest BCUT2D eigenvalue weighted by molar-refractivity contribution is 7.80. The van der Waals surface area contributed by atoms with Gasteiger partial charge in [-0.25, -0.2) is 4.79 Å². The highest BCUT2D eigenvalue weighted by atomic mass is 35.5. The summed E-state index contributed by atoms with van der Waals surface area (Å²) < 4.78 is 1.25. The van der Waals surface area contributed by atoms with E-state index in [-0.39, 0.29) is 5.56 Å². The number of thiol groups is 1. The van der Waals surface area contributed by atoms with Gasteiger partial charge in [0.1, 0.15) is 0 Å². The number of rotatable bonds is 1. The Labute approximate surface area is 94.5 Å². The van der Waals surface area contributed by atoms with Crippen molar-refractivity contribution in [3.05, 3.63) is 28.1 Å². The average molecular weight is 245 g/mol. The van der Waals surface area contributed by atoms with Gasteiger partial charge < -0.3 is 5.11 Å². The van der Waals surface area contributed by atoms with Gasteiger partial charge in [0.05, 0.1) is 14.6 Å². The summed E-state index contributed by atoms with van der Waals surface area (Å²) in [5.74, 6) is -0.943. The highest BCUT2D eigenvalue weighted by Gasteiger charge is 2.12. The summed E-state index contributed by atoms with van der Waals surface area (Å²) >= 11 is 11.3. The maximum atomic E-state index is 10.9. The summed E-state index contributed by atoms with van der Waals surface area (Å²) in [7, 11) is 0. The summed E-state index contributed by atoms with van der Waals surface area (Å²) in [4.78, 5) is 11.6. The van der Waals surface area contributed by atoms with Gasteiger partial charge in [-0.3, -0.25) is 0 Å². The number of halogens is 1. The third-order valence-electron chi connectivity index (χ3n) is 1.86. The standard InChI is InChI=1S/C9H5ClO2S2/c10-7-3-5-6(13)2-1-4(9(11)12)8(5)14-7/h1-3,13H,(H,11,12). The lowest BCUT2D eigenvalue weighted by Gasteiger charge is -1.98. The molecule has 0 aliphatic carbocycles. The van der Waals surface area contributed by atoms with Gasteiger partial charge in [-0.2, -0.15) is 0 Å². The minimum atomic E-state index is -0.943. The molecule has 1 N–H and O–H groups in total. The molecule has 1 aromatic heterocycles. The van der Waals surface area contributed by atoms with Gasteiger partial charge >= 0.3 is 5.97 Å². The zero-order valence-electron chi connectivity index (χ0n) is 6.82. The van der Waals surface area contributed by atoms with Crippen molar-refractivity contribution in [2.45, 2.75) is 4.90 Å². The van der Waals surface area contributed by atoms with Crippen molar-refractivity contribution >= 4 is 51.6 Å². The van der Waals surface area contributed by atoms with Crippen LogP contribution in [0.2, 0.25) is 4.34 Å². The fourth-order valence-electron chi connectivity index (χ4n) is 1.25. The first-order chi connectivity index (χ1) is 6.59. The zero-order valence-corrected chi connectivity index (χ0v) is 9.29. The average Bonchev–Trinajstić information content (AvgIpc) is 2.47. The lowest BCUT2D eigenvalue weighted by Crippen LogP contribution is -1.95. The zero-order chi connectivity index (χ0) is 10.3. The van der Waals surface area contributed by atoms with Gasteiger partial charge in [0, 0.05) is 10.3 Å². The fourth-order valence-corrected chi connectivity index (χ4v) is 2.83. The van der Waals surface area contributed by atoms with E-state index in [2.05, 4.69) is 12.6 Å². The van der Waals surface area contributed by atoms with Gasteiger partial charge in [-0.15, -0.1) is 24.0 Å². The second kappa shape index (κ2) is 3.46. The molecule has 14 heavy (non-hydrogen) atoms.